The standard InChI is InChI=1S/C23H25NO8/c1-12(25)30-11-22(2,29)14-7-15-20(27)19-17(32-23(15,3)18(26)8-14)9-16(31-21(19)28)13-5-4-6-24-10-13/h4-6,9-10,14-15,18,26,29H,7-8,11H2,1-3H3/t14-,15+,18-,22?,23-/m1/s1. The lowest BCUT2D eigenvalue weighted by Gasteiger charge is -2.51. The maximum absolute atomic E-state index is 13.4. The van der Waals surface area contributed by atoms with Gasteiger partial charge in [0.05, 0.1) is 17.6 Å². The van der Waals surface area contributed by atoms with Crippen LogP contribution in [-0.2, 0) is 9.53 Å². The molecule has 4 rings (SSSR count). The number of carbonyl (C=O) groups excluding carboxylic acids is 2. The Morgan fingerprint density at radius 1 is 1.38 bits per heavy atom. The molecule has 0 saturated heterocycles. The number of aliphatic hydroxyl groups excluding tert-OH is 1. The van der Waals surface area contributed by atoms with Gasteiger partial charge in [-0.05, 0) is 44.7 Å². The fraction of sp³-hybridized carbons (Fsp3) is 0.478. The second kappa shape index (κ2) is 7.83. The van der Waals surface area contributed by atoms with Crippen molar-refractivity contribution in [1.29, 1.82) is 0 Å². The van der Waals surface area contributed by atoms with Crippen molar-refractivity contribution in [1.82, 2.24) is 4.98 Å². The number of nitrogens with zero attached hydrogens (tertiary/aromatic N) is 1. The molecule has 1 fully saturated rings. The highest BCUT2D eigenvalue weighted by Crippen LogP contribution is 2.48. The Kier molecular flexibility index (Phi) is 5.42. The van der Waals surface area contributed by atoms with Gasteiger partial charge in [0.2, 0.25) is 0 Å². The van der Waals surface area contributed by atoms with Crippen LogP contribution in [0.1, 0.15) is 44.0 Å². The molecule has 0 spiro atoms. The van der Waals surface area contributed by atoms with Gasteiger partial charge in [-0.3, -0.25) is 14.6 Å². The van der Waals surface area contributed by atoms with Gasteiger partial charge < -0.3 is 24.1 Å². The minimum atomic E-state index is -1.47. The number of ketones is 1. The number of pyridine rings is 1. The predicted octanol–water partition coefficient (Wildman–Crippen LogP) is 1.74. The zero-order valence-electron chi connectivity index (χ0n) is 18.0. The highest BCUT2D eigenvalue weighted by molar-refractivity contribution is 6.02. The fourth-order valence-electron chi connectivity index (χ4n) is 4.57. The van der Waals surface area contributed by atoms with Gasteiger partial charge in [-0.15, -0.1) is 0 Å². The molecule has 2 aromatic heterocycles. The molecular weight excluding hydrogens is 418 g/mol. The molecule has 0 amide bonds. The number of aromatic nitrogens is 1. The van der Waals surface area contributed by atoms with Crippen molar-refractivity contribution in [2.24, 2.45) is 11.8 Å². The number of esters is 1. The summed E-state index contributed by atoms with van der Waals surface area (Å²) in [4.78, 5) is 41.3. The first-order chi connectivity index (χ1) is 15.0. The third-order valence-corrected chi connectivity index (χ3v) is 6.58. The summed E-state index contributed by atoms with van der Waals surface area (Å²) in [5.41, 5.74) is -3.27. The molecule has 0 bridgehead atoms. The molecule has 1 aliphatic carbocycles. The Labute approximate surface area is 184 Å². The van der Waals surface area contributed by atoms with Gasteiger partial charge in [-0.25, -0.2) is 4.79 Å². The third kappa shape index (κ3) is 3.71. The molecule has 2 N–H and O–H groups in total. The van der Waals surface area contributed by atoms with E-state index in [0.29, 0.717) is 5.56 Å². The van der Waals surface area contributed by atoms with Gasteiger partial charge in [0.1, 0.15) is 29.3 Å². The molecule has 3 heterocycles. The van der Waals surface area contributed by atoms with Crippen LogP contribution in [0.4, 0.5) is 0 Å². The van der Waals surface area contributed by atoms with Gasteiger partial charge >= 0.3 is 11.6 Å². The van der Waals surface area contributed by atoms with E-state index in [9.17, 15) is 24.6 Å². The number of hydrogen-bond acceptors (Lipinski definition) is 9. The Morgan fingerprint density at radius 3 is 2.78 bits per heavy atom. The highest BCUT2D eigenvalue weighted by atomic mass is 16.5. The van der Waals surface area contributed by atoms with Crippen LogP contribution in [0.25, 0.3) is 11.3 Å². The smallest absolute Gasteiger partial charge is 0.351 e. The summed E-state index contributed by atoms with van der Waals surface area (Å²) in [7, 11) is 0. The van der Waals surface area contributed by atoms with E-state index in [2.05, 4.69) is 4.98 Å². The molecule has 2 aromatic rings. The van der Waals surface area contributed by atoms with Crippen molar-refractivity contribution in [3.63, 3.8) is 0 Å². The molecule has 32 heavy (non-hydrogen) atoms. The van der Waals surface area contributed by atoms with Crippen LogP contribution in [-0.4, -0.2) is 50.9 Å². The average molecular weight is 443 g/mol. The molecule has 0 radical (unpaired) electrons. The molecule has 170 valence electrons. The molecule has 1 saturated carbocycles. The summed E-state index contributed by atoms with van der Waals surface area (Å²) < 4.78 is 16.4. The van der Waals surface area contributed by atoms with Gasteiger partial charge in [0.25, 0.3) is 0 Å². The van der Waals surface area contributed by atoms with Crippen LogP contribution in [0.15, 0.2) is 39.8 Å². The Morgan fingerprint density at radius 2 is 2.12 bits per heavy atom. The Hall–Kier alpha value is -3.04. The third-order valence-electron chi connectivity index (χ3n) is 6.58. The maximum Gasteiger partial charge on any atom is 0.351 e. The second-order valence-corrected chi connectivity index (χ2v) is 8.90. The average Bonchev–Trinajstić information content (AvgIpc) is 2.73. The van der Waals surface area contributed by atoms with Gasteiger partial charge in [0.15, 0.2) is 5.78 Å². The summed E-state index contributed by atoms with van der Waals surface area (Å²) >= 11 is 0. The molecule has 9 nitrogen and oxygen atoms in total. The minimum absolute atomic E-state index is 0.0491. The lowest BCUT2D eigenvalue weighted by Crippen LogP contribution is -2.62. The first-order valence-electron chi connectivity index (χ1n) is 10.4. The van der Waals surface area contributed by atoms with Crippen molar-refractivity contribution in [2.75, 3.05) is 6.61 Å². The van der Waals surface area contributed by atoms with Crippen LogP contribution in [0.2, 0.25) is 0 Å². The number of rotatable bonds is 4. The topological polar surface area (TPSA) is 136 Å². The summed E-state index contributed by atoms with van der Waals surface area (Å²) in [5.74, 6) is -2.26. The van der Waals surface area contributed by atoms with Crippen LogP contribution in [0, 0.1) is 11.8 Å². The highest BCUT2D eigenvalue weighted by Gasteiger charge is 2.58. The first kappa shape index (κ1) is 22.2. The van der Waals surface area contributed by atoms with E-state index in [1.165, 1.54) is 26.1 Å². The normalized spacial score (nSPS) is 28.7. The van der Waals surface area contributed by atoms with Crippen molar-refractivity contribution < 1.29 is 33.7 Å². The zero-order valence-corrected chi connectivity index (χ0v) is 18.0. The Balaban J connectivity index is 1.70. The van der Waals surface area contributed by atoms with E-state index in [-0.39, 0.29) is 36.5 Å². The number of Topliss-reactive ketones (excluding diaryl/α,β-unsaturated/α-hetero) is 1. The zero-order chi connectivity index (χ0) is 23.3. The predicted molar refractivity (Wildman–Crippen MR) is 111 cm³/mol. The van der Waals surface area contributed by atoms with E-state index < -0.39 is 46.5 Å². The fourth-order valence-corrected chi connectivity index (χ4v) is 4.57. The molecule has 9 heteroatoms. The molecule has 1 aliphatic heterocycles. The quantitative estimate of drug-likeness (QED) is 0.677. The SMILES string of the molecule is CC(=O)OCC(C)(O)[C@H]1C[C@@H](O)[C@]2(C)Oc3cc(-c4cccnc4)oc(=O)c3C(=O)[C@@H]2C1. The molecule has 2 aliphatic rings. The van der Waals surface area contributed by atoms with E-state index >= 15 is 0 Å². The molecule has 0 aromatic carbocycles. The van der Waals surface area contributed by atoms with Crippen LogP contribution >= 0.6 is 0 Å². The molecule has 5 atom stereocenters. The molecule has 1 unspecified atom stereocenters. The number of ether oxygens (including phenoxy) is 2. The van der Waals surface area contributed by atoms with Gasteiger partial charge in [-0.2, -0.15) is 0 Å². The van der Waals surface area contributed by atoms with Crippen molar-refractivity contribution >= 4 is 11.8 Å². The second-order valence-electron chi connectivity index (χ2n) is 8.90. The van der Waals surface area contributed by atoms with Crippen LogP contribution in [0.5, 0.6) is 5.75 Å². The Bertz CT molecular complexity index is 1110. The monoisotopic (exact) mass is 443 g/mol. The van der Waals surface area contributed by atoms with Crippen molar-refractivity contribution in [2.45, 2.75) is 50.9 Å². The van der Waals surface area contributed by atoms with Crippen molar-refractivity contribution in [3.05, 3.63) is 46.6 Å². The first-order valence-corrected chi connectivity index (χ1v) is 10.4. The summed E-state index contributed by atoms with van der Waals surface area (Å²) in [6.45, 7) is 4.08. The summed E-state index contributed by atoms with van der Waals surface area (Å²) in [6, 6.07) is 4.85. The largest absolute Gasteiger partial charge is 0.483 e. The number of aliphatic hydroxyl groups is 2. The summed E-state index contributed by atoms with van der Waals surface area (Å²) in [5, 5.41) is 21.8. The van der Waals surface area contributed by atoms with Crippen molar-refractivity contribution in [3.8, 4) is 17.1 Å². The minimum Gasteiger partial charge on any atom is -0.483 e. The van der Waals surface area contributed by atoms with E-state index in [1.54, 1.807) is 25.3 Å². The van der Waals surface area contributed by atoms with Gasteiger partial charge in [0, 0.05) is 30.9 Å². The van der Waals surface area contributed by atoms with E-state index in [4.69, 9.17) is 13.9 Å². The molecular formula is C23H25NO8. The van der Waals surface area contributed by atoms with Gasteiger partial charge in [-0.1, -0.05) is 0 Å². The lowest BCUT2D eigenvalue weighted by atomic mass is 9.62. The summed E-state index contributed by atoms with van der Waals surface area (Å²) in [6.07, 6.45) is 2.26. The number of carbonyl (C=O) groups is 2. The van der Waals surface area contributed by atoms with Crippen LogP contribution < -0.4 is 10.4 Å². The van der Waals surface area contributed by atoms with E-state index in [0.717, 1.165) is 0 Å². The maximum atomic E-state index is 13.4. The number of fused-ring (bicyclic) bond motifs is 2. The van der Waals surface area contributed by atoms with E-state index in [1.807, 2.05) is 0 Å². The van der Waals surface area contributed by atoms with Crippen LogP contribution in [0.3, 0.4) is 0 Å². The lowest BCUT2D eigenvalue weighted by molar-refractivity contribution is -0.166. The number of hydrogen-bond donors (Lipinski definition) is 2.